The first-order valence-corrected chi connectivity index (χ1v) is 13.4. The highest BCUT2D eigenvalue weighted by molar-refractivity contribution is 7.85. The monoisotopic (exact) mass is 573 g/mol. The maximum atomic E-state index is 13.2. The zero-order valence-electron chi connectivity index (χ0n) is 20.1. The smallest absolute Gasteiger partial charge is 0.294 e. The number of amides is 1. The standard InChI is InChI=1S/C26H21Cl2N3O6S/c1-3-37-16-8-10-21(20(28)13-16)29-26(33)18-12-15-6-4-5-7-17(15)24(25(18)32)31-30-23-14(2)22(38(34,35)36)11-9-19(23)27/h4-13,32H,3H2,1-2H3,(H,29,33)(H,34,35,36). The summed E-state index contributed by atoms with van der Waals surface area (Å²) in [5.74, 6) is -0.580. The number of phenols is 1. The van der Waals surface area contributed by atoms with Crippen LogP contribution in [0.4, 0.5) is 17.1 Å². The lowest BCUT2D eigenvalue weighted by Gasteiger charge is -2.13. The molecule has 4 aromatic rings. The van der Waals surface area contributed by atoms with E-state index in [4.69, 9.17) is 27.9 Å². The summed E-state index contributed by atoms with van der Waals surface area (Å²) in [6.07, 6.45) is 0. The van der Waals surface area contributed by atoms with Gasteiger partial charge in [-0.05, 0) is 55.1 Å². The van der Waals surface area contributed by atoms with Crippen molar-refractivity contribution in [3.05, 3.63) is 81.8 Å². The van der Waals surface area contributed by atoms with Gasteiger partial charge in [0, 0.05) is 11.5 Å². The fourth-order valence-electron chi connectivity index (χ4n) is 3.79. The topological polar surface area (TPSA) is 138 Å². The fraction of sp³-hybridized carbons (Fsp3) is 0.115. The van der Waals surface area contributed by atoms with Crippen molar-refractivity contribution in [1.29, 1.82) is 0 Å². The number of carbonyl (C=O) groups excluding carboxylic acids is 1. The highest BCUT2D eigenvalue weighted by Crippen LogP contribution is 2.41. The number of rotatable bonds is 7. The first-order valence-electron chi connectivity index (χ1n) is 11.2. The van der Waals surface area contributed by atoms with Crippen molar-refractivity contribution in [2.75, 3.05) is 11.9 Å². The minimum Gasteiger partial charge on any atom is -0.505 e. The lowest BCUT2D eigenvalue weighted by molar-refractivity contribution is 0.102. The van der Waals surface area contributed by atoms with Crippen molar-refractivity contribution in [3.8, 4) is 11.5 Å². The molecule has 0 radical (unpaired) electrons. The highest BCUT2D eigenvalue weighted by Gasteiger charge is 2.21. The fourth-order valence-corrected chi connectivity index (χ4v) is 4.97. The van der Waals surface area contributed by atoms with E-state index in [0.29, 0.717) is 28.8 Å². The Labute approximate surface area is 228 Å². The van der Waals surface area contributed by atoms with Crippen LogP contribution in [-0.4, -0.2) is 30.6 Å². The van der Waals surface area contributed by atoms with Gasteiger partial charge in [-0.1, -0.05) is 47.5 Å². The van der Waals surface area contributed by atoms with Crippen molar-refractivity contribution in [3.63, 3.8) is 0 Å². The molecule has 0 aliphatic rings. The highest BCUT2D eigenvalue weighted by atomic mass is 35.5. The Morgan fingerprint density at radius 2 is 1.71 bits per heavy atom. The third-order valence-corrected chi connectivity index (χ3v) is 7.22. The van der Waals surface area contributed by atoms with Crippen LogP contribution in [0.3, 0.4) is 0 Å². The quantitative estimate of drug-likeness (QED) is 0.155. The summed E-state index contributed by atoms with van der Waals surface area (Å²) in [7, 11) is -4.54. The number of fused-ring (bicyclic) bond motifs is 1. The second kappa shape index (κ2) is 11.0. The second-order valence-electron chi connectivity index (χ2n) is 8.07. The molecule has 0 aromatic heterocycles. The van der Waals surface area contributed by atoms with Gasteiger partial charge in [-0.2, -0.15) is 8.42 Å². The first kappa shape index (κ1) is 27.3. The lowest BCUT2D eigenvalue weighted by atomic mass is 10.0. The molecule has 0 spiro atoms. The number of hydrogen-bond acceptors (Lipinski definition) is 7. The zero-order valence-corrected chi connectivity index (χ0v) is 22.4. The molecule has 0 atom stereocenters. The van der Waals surface area contributed by atoms with E-state index in [9.17, 15) is 22.9 Å². The van der Waals surface area contributed by atoms with E-state index in [0.717, 1.165) is 6.07 Å². The molecule has 0 bridgehead atoms. The number of ether oxygens (including phenoxy) is 1. The maximum Gasteiger partial charge on any atom is 0.294 e. The molecule has 0 aliphatic carbocycles. The van der Waals surface area contributed by atoms with Crippen LogP contribution in [-0.2, 0) is 10.1 Å². The Kier molecular flexibility index (Phi) is 7.89. The average Bonchev–Trinajstić information content (AvgIpc) is 2.85. The number of halogens is 2. The third-order valence-electron chi connectivity index (χ3n) is 5.60. The summed E-state index contributed by atoms with van der Waals surface area (Å²) in [4.78, 5) is 12.8. The Bertz CT molecular complexity index is 1710. The van der Waals surface area contributed by atoms with Crippen LogP contribution in [0.15, 0.2) is 75.8 Å². The summed E-state index contributed by atoms with van der Waals surface area (Å²) in [6.45, 7) is 3.70. The van der Waals surface area contributed by atoms with Gasteiger partial charge in [0.2, 0.25) is 0 Å². The van der Waals surface area contributed by atoms with Crippen LogP contribution in [0.1, 0.15) is 22.8 Å². The number of azo groups is 1. The average molecular weight is 574 g/mol. The molecule has 0 heterocycles. The number of phenolic OH excluding ortho intramolecular Hbond substituents is 1. The minimum absolute atomic E-state index is 0.0266. The summed E-state index contributed by atoms with van der Waals surface area (Å²) in [5.41, 5.74) is 0.198. The lowest BCUT2D eigenvalue weighted by Crippen LogP contribution is -2.12. The molecule has 3 N–H and O–H groups in total. The maximum absolute atomic E-state index is 13.2. The van der Waals surface area contributed by atoms with Gasteiger partial charge in [0.1, 0.15) is 17.1 Å². The third kappa shape index (κ3) is 5.58. The number of nitrogens with one attached hydrogen (secondary N) is 1. The van der Waals surface area contributed by atoms with Crippen LogP contribution < -0.4 is 10.1 Å². The SMILES string of the molecule is CCOc1ccc(NC(=O)c2cc3ccccc3c(N=Nc3c(Cl)ccc(S(=O)(=O)O)c3C)c2O)c(Cl)c1. The van der Waals surface area contributed by atoms with Crippen LogP contribution in [0, 0.1) is 6.92 Å². The molecule has 0 saturated carbocycles. The number of nitrogens with zero attached hydrogens (tertiary/aromatic N) is 2. The van der Waals surface area contributed by atoms with Crippen molar-refractivity contribution in [1.82, 2.24) is 0 Å². The van der Waals surface area contributed by atoms with Crippen molar-refractivity contribution in [2.45, 2.75) is 18.7 Å². The van der Waals surface area contributed by atoms with Crippen LogP contribution >= 0.6 is 23.2 Å². The van der Waals surface area contributed by atoms with Gasteiger partial charge in [-0.3, -0.25) is 9.35 Å². The van der Waals surface area contributed by atoms with Gasteiger partial charge in [-0.15, -0.1) is 10.2 Å². The number of anilines is 1. The molecular formula is C26H21Cl2N3O6S. The Hall–Kier alpha value is -3.70. The predicted octanol–water partition coefficient (Wildman–Crippen LogP) is 7.47. The van der Waals surface area contributed by atoms with Gasteiger partial charge in [0.05, 0.1) is 32.8 Å². The molecule has 4 aromatic carbocycles. The summed E-state index contributed by atoms with van der Waals surface area (Å²) >= 11 is 12.5. The molecular weight excluding hydrogens is 553 g/mol. The van der Waals surface area contributed by atoms with Crippen LogP contribution in [0.25, 0.3) is 10.8 Å². The van der Waals surface area contributed by atoms with Gasteiger partial charge < -0.3 is 15.2 Å². The van der Waals surface area contributed by atoms with Crippen LogP contribution in [0.5, 0.6) is 11.5 Å². The Balaban J connectivity index is 1.79. The molecule has 0 saturated heterocycles. The molecule has 12 heteroatoms. The van der Waals surface area contributed by atoms with Crippen molar-refractivity contribution in [2.24, 2.45) is 10.2 Å². The van der Waals surface area contributed by atoms with E-state index in [1.165, 1.54) is 19.1 Å². The summed E-state index contributed by atoms with van der Waals surface area (Å²) < 4.78 is 38.3. The summed E-state index contributed by atoms with van der Waals surface area (Å²) in [6, 6.07) is 15.6. The van der Waals surface area contributed by atoms with E-state index < -0.39 is 21.8 Å². The number of aromatic hydroxyl groups is 1. The van der Waals surface area contributed by atoms with E-state index >= 15 is 0 Å². The molecule has 196 valence electrons. The van der Waals surface area contributed by atoms with E-state index in [1.807, 2.05) is 6.92 Å². The zero-order chi connectivity index (χ0) is 27.6. The largest absolute Gasteiger partial charge is 0.505 e. The molecule has 1 amide bonds. The Morgan fingerprint density at radius 1 is 1.00 bits per heavy atom. The van der Waals surface area contributed by atoms with E-state index in [-0.39, 0.29) is 37.4 Å². The first-order chi connectivity index (χ1) is 18.0. The van der Waals surface area contributed by atoms with Gasteiger partial charge in [-0.25, -0.2) is 0 Å². The molecule has 9 nitrogen and oxygen atoms in total. The number of hydrogen-bond donors (Lipinski definition) is 3. The normalized spacial score (nSPS) is 11.7. The number of carbonyl (C=O) groups is 1. The van der Waals surface area contributed by atoms with Crippen molar-refractivity contribution >= 4 is 67.1 Å². The van der Waals surface area contributed by atoms with E-state index in [2.05, 4.69) is 15.5 Å². The summed E-state index contributed by atoms with van der Waals surface area (Å²) in [5, 5.41) is 23.3. The van der Waals surface area contributed by atoms with Crippen molar-refractivity contribution < 1.29 is 27.6 Å². The molecule has 0 aliphatic heterocycles. The molecule has 4 rings (SSSR count). The predicted molar refractivity (Wildman–Crippen MR) is 146 cm³/mol. The van der Waals surface area contributed by atoms with Gasteiger partial charge >= 0.3 is 0 Å². The molecule has 0 unspecified atom stereocenters. The molecule has 0 fully saturated rings. The van der Waals surface area contributed by atoms with Gasteiger partial charge in [0.25, 0.3) is 16.0 Å². The van der Waals surface area contributed by atoms with Gasteiger partial charge in [0.15, 0.2) is 5.75 Å². The van der Waals surface area contributed by atoms with E-state index in [1.54, 1.807) is 42.5 Å². The minimum atomic E-state index is -4.54. The Morgan fingerprint density at radius 3 is 2.39 bits per heavy atom. The number of benzene rings is 4. The molecule has 38 heavy (non-hydrogen) atoms. The van der Waals surface area contributed by atoms with Crippen LogP contribution in [0.2, 0.25) is 10.0 Å². The second-order valence-corrected chi connectivity index (χ2v) is 10.3.